The monoisotopic (exact) mass is 268 g/mol. The summed E-state index contributed by atoms with van der Waals surface area (Å²) >= 11 is 0. The third kappa shape index (κ3) is 3.50. The summed E-state index contributed by atoms with van der Waals surface area (Å²) in [5.74, 6) is -1.77. The molecule has 1 atom stereocenters. The molecule has 1 unspecified atom stereocenters. The summed E-state index contributed by atoms with van der Waals surface area (Å²) in [4.78, 5) is 13.5. The van der Waals surface area contributed by atoms with Crippen molar-refractivity contribution in [3.63, 3.8) is 0 Å². The van der Waals surface area contributed by atoms with Crippen LogP contribution < -0.4 is 5.32 Å². The van der Waals surface area contributed by atoms with Crippen molar-refractivity contribution >= 4 is 5.91 Å². The molecule has 104 valence electrons. The van der Waals surface area contributed by atoms with Gasteiger partial charge in [0.2, 0.25) is 0 Å². The maximum absolute atomic E-state index is 13.5. The zero-order chi connectivity index (χ0) is 13.8. The van der Waals surface area contributed by atoms with Crippen LogP contribution in [0.25, 0.3) is 0 Å². The van der Waals surface area contributed by atoms with Crippen molar-refractivity contribution in [3.8, 4) is 0 Å². The zero-order valence-electron chi connectivity index (χ0n) is 11.0. The molecule has 1 aliphatic heterocycles. The number of piperidine rings is 1. The first-order valence-corrected chi connectivity index (χ1v) is 6.52. The molecule has 1 heterocycles. The number of amides is 1. The lowest BCUT2D eigenvalue weighted by molar-refractivity contribution is 0.0770. The molecule has 1 fully saturated rings. The van der Waals surface area contributed by atoms with Gasteiger partial charge in [-0.25, -0.2) is 8.78 Å². The van der Waals surface area contributed by atoms with E-state index in [9.17, 15) is 13.6 Å². The third-order valence-electron chi connectivity index (χ3n) is 3.41. The number of carbonyl (C=O) groups excluding carboxylic acids is 1. The molecular weight excluding hydrogens is 250 g/mol. The number of nitrogens with zero attached hydrogens (tertiary/aromatic N) is 1. The molecule has 1 aromatic carbocycles. The average molecular weight is 268 g/mol. The van der Waals surface area contributed by atoms with E-state index in [1.165, 1.54) is 4.90 Å². The largest absolute Gasteiger partial charge is 0.340 e. The van der Waals surface area contributed by atoms with Gasteiger partial charge in [0, 0.05) is 19.6 Å². The lowest BCUT2D eigenvalue weighted by Crippen LogP contribution is -2.44. The average Bonchev–Trinajstić information content (AvgIpc) is 2.42. The summed E-state index contributed by atoms with van der Waals surface area (Å²) < 4.78 is 26.6. The molecule has 0 saturated carbocycles. The first kappa shape index (κ1) is 13.9. The number of likely N-dealkylation sites (N-methyl/N-ethyl adjacent to an activating group) is 1. The van der Waals surface area contributed by atoms with Gasteiger partial charge in [-0.15, -0.1) is 0 Å². The highest BCUT2D eigenvalue weighted by atomic mass is 19.1. The molecule has 5 heteroatoms. The first-order chi connectivity index (χ1) is 9.08. The minimum atomic E-state index is -0.685. The highest BCUT2D eigenvalue weighted by molar-refractivity contribution is 5.94. The molecule has 0 radical (unpaired) electrons. The van der Waals surface area contributed by atoms with Crippen LogP contribution in [0.15, 0.2) is 18.2 Å². The molecule has 1 N–H and O–H groups in total. The van der Waals surface area contributed by atoms with Crippen LogP contribution in [0.5, 0.6) is 0 Å². The van der Waals surface area contributed by atoms with Crippen molar-refractivity contribution in [1.29, 1.82) is 0 Å². The molecule has 0 aromatic heterocycles. The molecule has 19 heavy (non-hydrogen) atoms. The maximum Gasteiger partial charge on any atom is 0.256 e. The van der Waals surface area contributed by atoms with E-state index in [4.69, 9.17) is 0 Å². The van der Waals surface area contributed by atoms with Gasteiger partial charge in [-0.2, -0.15) is 0 Å². The summed E-state index contributed by atoms with van der Waals surface area (Å²) in [5, 5.41) is 3.32. The van der Waals surface area contributed by atoms with Gasteiger partial charge < -0.3 is 10.2 Å². The Morgan fingerprint density at radius 2 is 2.21 bits per heavy atom. The van der Waals surface area contributed by atoms with Crippen LogP contribution in [0.4, 0.5) is 8.78 Å². The van der Waals surface area contributed by atoms with Crippen LogP contribution in [0, 0.1) is 11.6 Å². The second kappa shape index (κ2) is 6.10. The Morgan fingerprint density at radius 1 is 1.42 bits per heavy atom. The molecular formula is C14H18F2N2O. The molecule has 3 nitrogen and oxygen atoms in total. The Hall–Kier alpha value is -1.49. The Labute approximate surface area is 111 Å². The van der Waals surface area contributed by atoms with E-state index in [0.29, 0.717) is 6.54 Å². The van der Waals surface area contributed by atoms with E-state index in [-0.39, 0.29) is 11.6 Å². The van der Waals surface area contributed by atoms with Gasteiger partial charge in [0.25, 0.3) is 5.91 Å². The van der Waals surface area contributed by atoms with Gasteiger partial charge in [-0.1, -0.05) is 6.42 Å². The standard InChI is InChI=1S/C14H18F2N2O/c1-18(9-11-4-2-3-7-17-11)14(19)12-8-10(15)5-6-13(12)16/h5-6,8,11,17H,2-4,7,9H2,1H3. The molecule has 2 rings (SSSR count). The summed E-state index contributed by atoms with van der Waals surface area (Å²) in [6.45, 7) is 1.45. The quantitative estimate of drug-likeness (QED) is 0.911. The minimum Gasteiger partial charge on any atom is -0.340 e. The number of nitrogens with one attached hydrogen (secondary N) is 1. The van der Waals surface area contributed by atoms with Gasteiger partial charge in [-0.3, -0.25) is 4.79 Å². The van der Waals surface area contributed by atoms with E-state index in [1.807, 2.05) is 0 Å². The van der Waals surface area contributed by atoms with Crippen molar-refractivity contribution < 1.29 is 13.6 Å². The van der Waals surface area contributed by atoms with Crippen LogP contribution in [-0.4, -0.2) is 37.0 Å². The lowest BCUT2D eigenvalue weighted by Gasteiger charge is -2.28. The second-order valence-corrected chi connectivity index (χ2v) is 4.96. The fourth-order valence-corrected chi connectivity index (χ4v) is 2.36. The minimum absolute atomic E-state index is 0.210. The van der Waals surface area contributed by atoms with E-state index in [1.54, 1.807) is 7.05 Å². The van der Waals surface area contributed by atoms with Crippen LogP contribution in [0.3, 0.4) is 0 Å². The maximum atomic E-state index is 13.5. The summed E-state index contributed by atoms with van der Waals surface area (Å²) in [6, 6.07) is 3.17. The molecule has 1 aromatic rings. The smallest absolute Gasteiger partial charge is 0.256 e. The van der Waals surface area contributed by atoms with E-state index < -0.39 is 17.5 Å². The highest BCUT2D eigenvalue weighted by Crippen LogP contribution is 2.14. The molecule has 0 bridgehead atoms. The number of rotatable bonds is 3. The normalized spacial score (nSPS) is 19.2. The summed E-state index contributed by atoms with van der Waals surface area (Å²) in [7, 11) is 1.61. The van der Waals surface area contributed by atoms with Crippen LogP contribution in [0.1, 0.15) is 29.6 Å². The van der Waals surface area contributed by atoms with Crippen molar-refractivity contribution in [2.45, 2.75) is 25.3 Å². The fourth-order valence-electron chi connectivity index (χ4n) is 2.36. The number of carbonyl (C=O) groups is 1. The Bertz CT molecular complexity index is 459. The molecule has 1 aliphatic rings. The fraction of sp³-hybridized carbons (Fsp3) is 0.500. The van der Waals surface area contributed by atoms with Gasteiger partial charge in [0.1, 0.15) is 11.6 Å². The van der Waals surface area contributed by atoms with E-state index in [2.05, 4.69) is 5.32 Å². The Balaban J connectivity index is 2.03. The first-order valence-electron chi connectivity index (χ1n) is 6.52. The zero-order valence-corrected chi connectivity index (χ0v) is 11.0. The number of benzene rings is 1. The number of halogens is 2. The number of hydrogen-bond acceptors (Lipinski definition) is 2. The van der Waals surface area contributed by atoms with Crippen molar-refractivity contribution in [3.05, 3.63) is 35.4 Å². The summed E-state index contributed by atoms with van der Waals surface area (Å²) in [5.41, 5.74) is -0.210. The lowest BCUT2D eigenvalue weighted by atomic mass is 10.0. The highest BCUT2D eigenvalue weighted by Gasteiger charge is 2.21. The van der Waals surface area contributed by atoms with E-state index in [0.717, 1.165) is 44.0 Å². The van der Waals surface area contributed by atoms with Gasteiger partial charge in [-0.05, 0) is 37.6 Å². The third-order valence-corrected chi connectivity index (χ3v) is 3.41. The van der Waals surface area contributed by atoms with Crippen LogP contribution in [-0.2, 0) is 0 Å². The topological polar surface area (TPSA) is 32.3 Å². The molecule has 0 spiro atoms. The van der Waals surface area contributed by atoms with Gasteiger partial charge >= 0.3 is 0 Å². The number of hydrogen-bond donors (Lipinski definition) is 1. The molecule has 0 aliphatic carbocycles. The predicted octanol–water partition coefficient (Wildman–Crippen LogP) is 2.18. The van der Waals surface area contributed by atoms with Crippen molar-refractivity contribution in [1.82, 2.24) is 10.2 Å². The predicted molar refractivity (Wildman–Crippen MR) is 69.0 cm³/mol. The van der Waals surface area contributed by atoms with Gasteiger partial charge in [0.15, 0.2) is 0 Å². The van der Waals surface area contributed by atoms with Crippen molar-refractivity contribution in [2.24, 2.45) is 0 Å². The van der Waals surface area contributed by atoms with Crippen molar-refractivity contribution in [2.75, 3.05) is 20.1 Å². The van der Waals surface area contributed by atoms with Crippen LogP contribution in [0.2, 0.25) is 0 Å². The molecule has 1 saturated heterocycles. The molecule has 1 amide bonds. The summed E-state index contributed by atoms with van der Waals surface area (Å²) in [6.07, 6.45) is 3.28. The Morgan fingerprint density at radius 3 is 2.89 bits per heavy atom. The van der Waals surface area contributed by atoms with Crippen LogP contribution >= 0.6 is 0 Å². The van der Waals surface area contributed by atoms with Gasteiger partial charge in [0.05, 0.1) is 5.56 Å². The SMILES string of the molecule is CN(CC1CCCCN1)C(=O)c1cc(F)ccc1F. The Kier molecular flexibility index (Phi) is 4.47. The second-order valence-electron chi connectivity index (χ2n) is 4.96. The van der Waals surface area contributed by atoms with E-state index >= 15 is 0 Å².